The van der Waals surface area contributed by atoms with Gasteiger partial charge in [0.1, 0.15) is 0 Å². The highest BCUT2D eigenvalue weighted by molar-refractivity contribution is 5.79. The van der Waals surface area contributed by atoms with Gasteiger partial charge in [0.05, 0.1) is 4.92 Å². The van der Waals surface area contributed by atoms with Gasteiger partial charge < -0.3 is 20.0 Å². The number of benzene rings is 1. The summed E-state index contributed by atoms with van der Waals surface area (Å²) in [5.74, 6) is 0.357. The van der Waals surface area contributed by atoms with Crippen LogP contribution in [0.3, 0.4) is 0 Å². The topological polar surface area (TPSA) is 99.0 Å². The van der Waals surface area contributed by atoms with Crippen molar-refractivity contribution in [3.8, 4) is 0 Å². The van der Waals surface area contributed by atoms with Gasteiger partial charge in [-0.3, -0.25) is 14.9 Å². The van der Waals surface area contributed by atoms with E-state index in [2.05, 4.69) is 24.1 Å². The van der Waals surface area contributed by atoms with Crippen LogP contribution >= 0.6 is 0 Å². The maximum Gasteiger partial charge on any atom is 0.317 e. The van der Waals surface area contributed by atoms with Crippen LogP contribution in [-0.4, -0.2) is 72.0 Å². The normalized spacial score (nSPS) is 17.7. The number of carbonyl (C=O) groups is 2. The van der Waals surface area contributed by atoms with Crippen LogP contribution in [0.5, 0.6) is 0 Å². The first kappa shape index (κ1) is 22.8. The van der Waals surface area contributed by atoms with Crippen molar-refractivity contribution in [1.29, 1.82) is 0 Å². The smallest absolute Gasteiger partial charge is 0.317 e. The van der Waals surface area contributed by atoms with Crippen LogP contribution in [0.25, 0.3) is 0 Å². The fraction of sp³-hybridized carbons (Fsp3) is 0.636. The molecule has 2 heterocycles. The number of carbonyl (C=O) groups excluding carboxylic acids is 2. The maximum absolute atomic E-state index is 12.7. The van der Waals surface area contributed by atoms with Crippen molar-refractivity contribution in [3.63, 3.8) is 0 Å². The van der Waals surface area contributed by atoms with Gasteiger partial charge in [0.2, 0.25) is 5.91 Å². The summed E-state index contributed by atoms with van der Waals surface area (Å²) in [6.45, 7) is 8.11. The quantitative estimate of drug-likeness (QED) is 0.552. The Morgan fingerprint density at radius 3 is 2.10 bits per heavy atom. The number of nitro groups is 1. The van der Waals surface area contributed by atoms with E-state index in [9.17, 15) is 19.7 Å². The first-order chi connectivity index (χ1) is 14.9. The van der Waals surface area contributed by atoms with Crippen LogP contribution in [0.1, 0.15) is 39.5 Å². The van der Waals surface area contributed by atoms with Gasteiger partial charge in [0.15, 0.2) is 0 Å². The molecule has 0 radical (unpaired) electrons. The lowest BCUT2D eigenvalue weighted by molar-refractivity contribution is -0.384. The molecule has 2 aliphatic heterocycles. The summed E-state index contributed by atoms with van der Waals surface area (Å²) < 4.78 is 0. The molecule has 2 aliphatic rings. The molecule has 0 saturated carbocycles. The summed E-state index contributed by atoms with van der Waals surface area (Å²) in [4.78, 5) is 41.5. The van der Waals surface area contributed by atoms with Gasteiger partial charge in [-0.05, 0) is 37.8 Å². The highest BCUT2D eigenvalue weighted by Gasteiger charge is 2.29. The molecule has 3 amide bonds. The Balaban J connectivity index is 1.42. The molecule has 2 saturated heterocycles. The highest BCUT2D eigenvalue weighted by atomic mass is 16.6. The minimum atomic E-state index is -0.404. The lowest BCUT2D eigenvalue weighted by Gasteiger charge is -2.38. The largest absolute Gasteiger partial charge is 0.368 e. The van der Waals surface area contributed by atoms with E-state index in [0.29, 0.717) is 39.3 Å². The molecule has 9 nitrogen and oxygen atoms in total. The van der Waals surface area contributed by atoms with Crippen molar-refractivity contribution in [2.24, 2.45) is 5.92 Å². The summed E-state index contributed by atoms with van der Waals surface area (Å²) in [5, 5.41) is 13.9. The number of anilines is 1. The number of nitro benzene ring substituents is 1. The van der Waals surface area contributed by atoms with Crippen molar-refractivity contribution in [3.05, 3.63) is 34.4 Å². The number of piperidine rings is 1. The SMILES string of the molecule is CCC(CC)C(=O)N1CCC(NC(=O)N2CCN(c3ccc([N+](=O)[O-])cc3)CC2)CC1. The fourth-order valence-corrected chi connectivity index (χ4v) is 4.36. The number of likely N-dealkylation sites (tertiary alicyclic amines) is 1. The Bertz CT molecular complexity index is 765. The van der Waals surface area contributed by atoms with E-state index in [1.54, 1.807) is 12.1 Å². The van der Waals surface area contributed by atoms with E-state index in [4.69, 9.17) is 0 Å². The van der Waals surface area contributed by atoms with Crippen molar-refractivity contribution in [2.45, 2.75) is 45.6 Å². The Morgan fingerprint density at radius 1 is 1.00 bits per heavy atom. The lowest BCUT2D eigenvalue weighted by Crippen LogP contribution is -2.55. The third kappa shape index (κ3) is 5.65. The second-order valence-electron chi connectivity index (χ2n) is 8.31. The third-order valence-electron chi connectivity index (χ3n) is 6.46. The van der Waals surface area contributed by atoms with Gasteiger partial charge >= 0.3 is 6.03 Å². The summed E-state index contributed by atoms with van der Waals surface area (Å²) in [7, 11) is 0. The number of hydrogen-bond donors (Lipinski definition) is 1. The third-order valence-corrected chi connectivity index (χ3v) is 6.46. The average molecular weight is 432 g/mol. The molecule has 9 heteroatoms. The number of non-ortho nitro benzene ring substituents is 1. The van der Waals surface area contributed by atoms with E-state index in [-0.39, 0.29) is 29.6 Å². The zero-order valence-corrected chi connectivity index (χ0v) is 18.5. The molecule has 0 atom stereocenters. The molecular weight excluding hydrogens is 398 g/mol. The molecule has 0 aliphatic carbocycles. The minimum absolute atomic E-state index is 0.0480. The number of nitrogens with one attached hydrogen (secondary N) is 1. The number of rotatable bonds is 6. The van der Waals surface area contributed by atoms with Gasteiger partial charge in [0, 0.05) is 69.0 Å². The standard InChI is InChI=1S/C22H33N5O4/c1-3-17(4-2)21(28)25-11-9-18(10-12-25)23-22(29)26-15-13-24(14-16-26)19-5-7-20(8-6-19)27(30)31/h5-8,17-18H,3-4,9-16H2,1-2H3,(H,23,29). The Kier molecular flexibility index (Phi) is 7.70. The molecule has 0 bridgehead atoms. The van der Waals surface area contributed by atoms with E-state index in [0.717, 1.165) is 31.4 Å². The van der Waals surface area contributed by atoms with Crippen molar-refractivity contribution < 1.29 is 14.5 Å². The zero-order valence-electron chi connectivity index (χ0n) is 18.5. The summed E-state index contributed by atoms with van der Waals surface area (Å²) in [6, 6.07) is 6.58. The van der Waals surface area contributed by atoms with E-state index in [1.807, 2.05) is 9.80 Å². The van der Waals surface area contributed by atoms with Gasteiger partial charge in [-0.1, -0.05) is 13.8 Å². The number of urea groups is 1. The average Bonchev–Trinajstić information content (AvgIpc) is 2.80. The van der Waals surface area contributed by atoms with Gasteiger partial charge in [-0.25, -0.2) is 4.79 Å². The van der Waals surface area contributed by atoms with Gasteiger partial charge in [-0.15, -0.1) is 0 Å². The van der Waals surface area contributed by atoms with Crippen molar-refractivity contribution in [1.82, 2.24) is 15.1 Å². The van der Waals surface area contributed by atoms with Crippen LogP contribution < -0.4 is 10.2 Å². The monoisotopic (exact) mass is 431 g/mol. The van der Waals surface area contributed by atoms with Crippen LogP contribution in [0.2, 0.25) is 0 Å². The second-order valence-corrected chi connectivity index (χ2v) is 8.31. The van der Waals surface area contributed by atoms with E-state index < -0.39 is 4.92 Å². The summed E-state index contributed by atoms with van der Waals surface area (Å²) in [6.07, 6.45) is 3.33. The zero-order chi connectivity index (χ0) is 22.4. The van der Waals surface area contributed by atoms with Crippen LogP contribution in [-0.2, 0) is 4.79 Å². The first-order valence-corrected chi connectivity index (χ1v) is 11.3. The number of piperazine rings is 1. The van der Waals surface area contributed by atoms with Crippen LogP contribution in [0.4, 0.5) is 16.2 Å². The van der Waals surface area contributed by atoms with Crippen LogP contribution in [0, 0.1) is 16.0 Å². The molecule has 170 valence electrons. The predicted molar refractivity (Wildman–Crippen MR) is 119 cm³/mol. The number of nitrogens with zero attached hydrogens (tertiary/aromatic N) is 4. The molecule has 1 aromatic rings. The van der Waals surface area contributed by atoms with Crippen molar-refractivity contribution in [2.75, 3.05) is 44.2 Å². The minimum Gasteiger partial charge on any atom is -0.368 e. The second kappa shape index (κ2) is 10.5. The number of amides is 3. The molecule has 3 rings (SSSR count). The molecule has 0 unspecified atom stereocenters. The summed E-state index contributed by atoms with van der Waals surface area (Å²) >= 11 is 0. The molecule has 2 fully saturated rings. The summed E-state index contributed by atoms with van der Waals surface area (Å²) in [5.41, 5.74) is 1.01. The number of hydrogen-bond acceptors (Lipinski definition) is 5. The molecular formula is C22H33N5O4. The highest BCUT2D eigenvalue weighted by Crippen LogP contribution is 2.21. The van der Waals surface area contributed by atoms with Crippen molar-refractivity contribution >= 4 is 23.3 Å². The molecule has 1 aromatic carbocycles. The Morgan fingerprint density at radius 2 is 1.58 bits per heavy atom. The van der Waals surface area contributed by atoms with Gasteiger partial charge in [-0.2, -0.15) is 0 Å². The predicted octanol–water partition coefficient (Wildman–Crippen LogP) is 2.85. The fourth-order valence-electron chi connectivity index (χ4n) is 4.36. The maximum atomic E-state index is 12.7. The Hall–Kier alpha value is -2.84. The molecule has 31 heavy (non-hydrogen) atoms. The van der Waals surface area contributed by atoms with Crippen LogP contribution in [0.15, 0.2) is 24.3 Å². The van der Waals surface area contributed by atoms with E-state index >= 15 is 0 Å². The first-order valence-electron chi connectivity index (χ1n) is 11.3. The molecule has 0 spiro atoms. The van der Waals surface area contributed by atoms with E-state index in [1.165, 1.54) is 12.1 Å². The van der Waals surface area contributed by atoms with Gasteiger partial charge in [0.25, 0.3) is 5.69 Å². The molecule has 1 N–H and O–H groups in total. The lowest BCUT2D eigenvalue weighted by atomic mass is 9.98. The molecule has 0 aromatic heterocycles. The Labute approximate surface area is 183 Å².